The van der Waals surface area contributed by atoms with Crippen LogP contribution in [0, 0.1) is 35.5 Å². The number of hydrogen-bond acceptors (Lipinski definition) is 9. The van der Waals surface area contributed by atoms with E-state index in [0.717, 1.165) is 11.1 Å². The molecule has 44 heavy (non-hydrogen) atoms. The van der Waals surface area contributed by atoms with Gasteiger partial charge in [0.25, 0.3) is 0 Å². The first-order valence-electron chi connectivity index (χ1n) is 15.9. The number of aliphatic hydroxyl groups is 4. The predicted molar refractivity (Wildman–Crippen MR) is 170 cm³/mol. The maximum atomic E-state index is 13.5. The van der Waals surface area contributed by atoms with Gasteiger partial charge in [-0.2, -0.15) is 0 Å². The first-order valence-corrected chi connectivity index (χ1v) is 15.9. The zero-order chi connectivity index (χ0) is 33.5. The minimum absolute atomic E-state index is 0.00492. The van der Waals surface area contributed by atoms with Crippen LogP contribution in [0.5, 0.6) is 0 Å². The largest absolute Gasteiger partial charge is 0.490 e. The Hall–Kier alpha value is -2.01. The summed E-state index contributed by atoms with van der Waals surface area (Å²) in [7, 11) is 2.87. The number of carbonyl (C=O) groups is 1. The van der Waals surface area contributed by atoms with E-state index in [1.165, 1.54) is 14.2 Å². The molecule has 9 heteroatoms. The van der Waals surface area contributed by atoms with Crippen LogP contribution in [0.3, 0.4) is 0 Å². The molecule has 9 nitrogen and oxygen atoms in total. The quantitative estimate of drug-likeness (QED) is 0.298. The van der Waals surface area contributed by atoms with Gasteiger partial charge in [0.2, 0.25) is 5.76 Å². The van der Waals surface area contributed by atoms with Crippen molar-refractivity contribution in [2.24, 2.45) is 35.5 Å². The Labute approximate surface area is 264 Å². The number of aliphatic hydroxyl groups excluding tert-OH is 3. The van der Waals surface area contributed by atoms with Gasteiger partial charge in [0.1, 0.15) is 12.2 Å². The first kappa shape index (κ1) is 38.2. The van der Waals surface area contributed by atoms with Crippen LogP contribution in [0.15, 0.2) is 47.3 Å². The second-order valence-corrected chi connectivity index (χ2v) is 13.6. The molecular formula is C35H58O9. The molecule has 1 fully saturated rings. The maximum absolute atomic E-state index is 13.5. The summed E-state index contributed by atoms with van der Waals surface area (Å²) in [5, 5.41) is 45.0. The molecule has 0 aromatic carbocycles. The van der Waals surface area contributed by atoms with E-state index in [-0.39, 0.29) is 35.9 Å². The Morgan fingerprint density at radius 2 is 1.68 bits per heavy atom. The number of hydrogen-bond donors (Lipinski definition) is 4. The Balaban J connectivity index is 2.52. The summed E-state index contributed by atoms with van der Waals surface area (Å²) in [6.07, 6.45) is 4.85. The Morgan fingerprint density at radius 1 is 1.05 bits per heavy atom. The average Bonchev–Trinajstić information content (AvgIpc) is 2.96. The van der Waals surface area contributed by atoms with Gasteiger partial charge in [0, 0.05) is 37.2 Å². The van der Waals surface area contributed by atoms with Crippen molar-refractivity contribution in [1.82, 2.24) is 0 Å². The summed E-state index contributed by atoms with van der Waals surface area (Å²) < 4.78 is 23.4. The number of rotatable bonds is 7. The molecule has 12 atom stereocenters. The van der Waals surface area contributed by atoms with E-state index >= 15 is 0 Å². The summed E-state index contributed by atoms with van der Waals surface area (Å²) in [6, 6.07) is 0. The summed E-state index contributed by atoms with van der Waals surface area (Å²) in [4.78, 5) is 13.5. The van der Waals surface area contributed by atoms with Crippen LogP contribution in [-0.2, 0) is 23.7 Å². The number of methoxy groups -OCH3 is 2. The van der Waals surface area contributed by atoms with Gasteiger partial charge >= 0.3 is 5.97 Å². The molecule has 4 N–H and O–H groups in total. The van der Waals surface area contributed by atoms with E-state index in [1.807, 2.05) is 66.7 Å². The van der Waals surface area contributed by atoms with Crippen molar-refractivity contribution in [2.75, 3.05) is 14.2 Å². The van der Waals surface area contributed by atoms with Crippen LogP contribution < -0.4 is 0 Å². The minimum Gasteiger partial charge on any atom is -0.490 e. The van der Waals surface area contributed by atoms with Crippen LogP contribution in [0.1, 0.15) is 75.2 Å². The fourth-order valence-electron chi connectivity index (χ4n) is 6.54. The standard InChI is InChI=1S/C35H58O9/c1-19(2)32-24(7)27(36)18-35(40,44-32)26(9)31(38)25(8)33-28(41-10)14-12-13-20(3)15-22(5)30(37)23(6)16-21(4)17-29(42-11)34(39)43-33/h12-14,16-17,19,22-28,30-33,36-38,40H,15,18H2,1-11H3/b14-12+,20-13+,21-16-,29-17+/t22-,23+,24-,25-,26-,27+,28-,30-,31+,32+,33?,35+/m0/s1. The van der Waals surface area contributed by atoms with Crippen molar-refractivity contribution in [3.63, 3.8) is 0 Å². The van der Waals surface area contributed by atoms with Crippen molar-refractivity contribution in [2.45, 2.75) is 118 Å². The van der Waals surface area contributed by atoms with Gasteiger partial charge in [-0.25, -0.2) is 4.79 Å². The molecule has 0 bridgehead atoms. The number of cyclic esters (lactones) is 1. The normalized spacial score (nSPS) is 41.2. The maximum Gasteiger partial charge on any atom is 0.373 e. The van der Waals surface area contributed by atoms with E-state index in [1.54, 1.807) is 26.0 Å². The third-order valence-corrected chi connectivity index (χ3v) is 9.50. The fourth-order valence-corrected chi connectivity index (χ4v) is 6.54. The van der Waals surface area contributed by atoms with Crippen molar-refractivity contribution >= 4 is 5.97 Å². The lowest BCUT2D eigenvalue weighted by Crippen LogP contribution is -2.59. The van der Waals surface area contributed by atoms with Crippen LogP contribution in [0.2, 0.25) is 0 Å². The van der Waals surface area contributed by atoms with E-state index in [9.17, 15) is 25.2 Å². The molecule has 0 saturated carbocycles. The monoisotopic (exact) mass is 622 g/mol. The minimum atomic E-state index is -1.80. The van der Waals surface area contributed by atoms with Gasteiger partial charge in [-0.05, 0) is 38.2 Å². The van der Waals surface area contributed by atoms with E-state index < -0.39 is 60.2 Å². The van der Waals surface area contributed by atoms with Crippen molar-refractivity contribution in [3.05, 3.63) is 47.3 Å². The Bertz CT molecular complexity index is 1060. The highest BCUT2D eigenvalue weighted by molar-refractivity contribution is 5.87. The highest BCUT2D eigenvalue weighted by atomic mass is 16.6. The zero-order valence-electron chi connectivity index (χ0n) is 28.6. The molecule has 0 spiro atoms. The van der Waals surface area contributed by atoms with E-state index in [0.29, 0.717) is 6.42 Å². The third kappa shape index (κ3) is 9.50. The molecular weight excluding hydrogens is 564 g/mol. The van der Waals surface area contributed by atoms with Gasteiger partial charge in [0.15, 0.2) is 5.79 Å². The highest BCUT2D eigenvalue weighted by Gasteiger charge is 2.51. The summed E-state index contributed by atoms with van der Waals surface area (Å²) >= 11 is 0. The summed E-state index contributed by atoms with van der Waals surface area (Å²) in [6.45, 7) is 17.0. The SMILES string of the molecule is CO/C1=C/C(C)=C\[C@@H](C)[C@@H](O)[C@@H](C)C/C(C)=C/C=C/[C@H](OC)C([C@@H](C)[C@@H](O)[C@H](C)[C@@]2(O)C[C@@H](O)[C@H](C)[C@@H](C(C)C)O2)OC1=O. The van der Waals surface area contributed by atoms with Gasteiger partial charge < -0.3 is 39.4 Å². The second kappa shape index (κ2) is 16.5. The molecule has 1 saturated heterocycles. The first-order chi connectivity index (χ1) is 20.5. The van der Waals surface area contributed by atoms with Crippen molar-refractivity contribution < 1.29 is 44.2 Å². The molecule has 252 valence electrons. The van der Waals surface area contributed by atoms with Crippen LogP contribution in [0.25, 0.3) is 0 Å². The van der Waals surface area contributed by atoms with Crippen LogP contribution in [0.4, 0.5) is 0 Å². The van der Waals surface area contributed by atoms with Gasteiger partial charge in [-0.15, -0.1) is 0 Å². The fraction of sp³-hybridized carbons (Fsp3) is 0.743. The smallest absolute Gasteiger partial charge is 0.373 e. The zero-order valence-corrected chi connectivity index (χ0v) is 28.6. The number of carbonyl (C=O) groups excluding carboxylic acids is 1. The number of esters is 1. The lowest BCUT2D eigenvalue weighted by Gasteiger charge is -2.49. The average molecular weight is 623 g/mol. The third-order valence-electron chi connectivity index (χ3n) is 9.50. The molecule has 2 heterocycles. The Morgan fingerprint density at radius 3 is 2.25 bits per heavy atom. The summed E-state index contributed by atoms with van der Waals surface area (Å²) in [5.41, 5.74) is 1.78. The van der Waals surface area contributed by atoms with E-state index in [2.05, 4.69) is 0 Å². The van der Waals surface area contributed by atoms with Crippen LogP contribution >= 0.6 is 0 Å². The molecule has 2 aliphatic rings. The number of ether oxygens (including phenoxy) is 4. The summed E-state index contributed by atoms with van der Waals surface area (Å²) in [5.74, 6) is -4.49. The molecule has 1 unspecified atom stereocenters. The number of allylic oxidation sites excluding steroid dienone is 5. The highest BCUT2D eigenvalue weighted by Crippen LogP contribution is 2.41. The van der Waals surface area contributed by atoms with Gasteiger partial charge in [-0.1, -0.05) is 83.9 Å². The molecule has 0 aromatic heterocycles. The molecule has 2 rings (SSSR count). The predicted octanol–water partition coefficient (Wildman–Crippen LogP) is 4.69. The van der Waals surface area contributed by atoms with E-state index in [4.69, 9.17) is 18.9 Å². The molecule has 0 aliphatic carbocycles. The lowest BCUT2D eigenvalue weighted by atomic mass is 9.76. The van der Waals surface area contributed by atoms with Crippen molar-refractivity contribution in [1.29, 1.82) is 0 Å². The van der Waals surface area contributed by atoms with Gasteiger partial charge in [-0.3, -0.25) is 0 Å². The van der Waals surface area contributed by atoms with Gasteiger partial charge in [0.05, 0.1) is 31.5 Å². The van der Waals surface area contributed by atoms with Crippen molar-refractivity contribution in [3.8, 4) is 0 Å². The molecule has 2 aliphatic heterocycles. The molecule has 0 radical (unpaired) electrons. The second-order valence-electron chi connectivity index (χ2n) is 13.6. The molecule has 0 aromatic rings. The van der Waals surface area contributed by atoms with Crippen LogP contribution in [-0.4, -0.2) is 83.0 Å². The Kier molecular flexibility index (Phi) is 14.3. The molecule has 0 amide bonds. The lowest BCUT2D eigenvalue weighted by molar-refractivity contribution is -0.328. The topological polar surface area (TPSA) is 135 Å².